The van der Waals surface area contributed by atoms with Crippen LogP contribution < -0.4 is 5.32 Å². The number of halogens is 1. The summed E-state index contributed by atoms with van der Waals surface area (Å²) in [5, 5.41) is 11.9. The molecule has 15 heavy (non-hydrogen) atoms. The maximum absolute atomic E-state index is 13.3. The Bertz CT molecular complexity index is 406. The maximum atomic E-state index is 13.3. The summed E-state index contributed by atoms with van der Waals surface area (Å²) in [6.07, 6.45) is 0.440. The van der Waals surface area contributed by atoms with Crippen LogP contribution in [-0.2, 0) is 11.2 Å². The highest BCUT2D eigenvalue weighted by Gasteiger charge is 2.30. The zero-order chi connectivity index (χ0) is 11.0. The molecule has 2 unspecified atom stereocenters. The number of aliphatic carboxylic acids is 1. The molecule has 0 spiro atoms. The maximum Gasteiger partial charge on any atom is 0.308 e. The van der Waals surface area contributed by atoms with Gasteiger partial charge in [0.05, 0.1) is 5.92 Å². The Hall–Kier alpha value is -1.58. The molecule has 0 fully saturated rings. The fourth-order valence-corrected chi connectivity index (χ4v) is 1.85. The first-order valence-corrected chi connectivity index (χ1v) is 4.86. The van der Waals surface area contributed by atoms with Crippen molar-refractivity contribution < 1.29 is 14.3 Å². The van der Waals surface area contributed by atoms with Gasteiger partial charge in [0.2, 0.25) is 0 Å². The monoisotopic (exact) mass is 209 g/mol. The Morgan fingerprint density at radius 3 is 3.00 bits per heavy atom. The van der Waals surface area contributed by atoms with Crippen LogP contribution in [0.1, 0.15) is 12.5 Å². The smallest absolute Gasteiger partial charge is 0.308 e. The summed E-state index contributed by atoms with van der Waals surface area (Å²) >= 11 is 0. The summed E-state index contributed by atoms with van der Waals surface area (Å²) in [5.74, 6) is -1.64. The van der Waals surface area contributed by atoms with E-state index in [2.05, 4.69) is 5.32 Å². The second-order valence-electron chi connectivity index (χ2n) is 3.85. The molecule has 2 N–H and O–H groups in total. The third kappa shape index (κ3) is 1.67. The van der Waals surface area contributed by atoms with Gasteiger partial charge in [-0.15, -0.1) is 0 Å². The van der Waals surface area contributed by atoms with Gasteiger partial charge >= 0.3 is 5.97 Å². The lowest BCUT2D eigenvalue weighted by molar-refractivity contribution is -0.141. The molecule has 0 radical (unpaired) electrons. The van der Waals surface area contributed by atoms with Crippen LogP contribution in [0.25, 0.3) is 0 Å². The molecule has 0 saturated heterocycles. The van der Waals surface area contributed by atoms with Crippen molar-refractivity contribution in [3.63, 3.8) is 0 Å². The van der Waals surface area contributed by atoms with Crippen molar-refractivity contribution >= 4 is 11.7 Å². The lowest BCUT2D eigenvalue weighted by Crippen LogP contribution is -2.30. The van der Waals surface area contributed by atoms with Crippen LogP contribution in [0, 0.1) is 11.7 Å². The van der Waals surface area contributed by atoms with Crippen molar-refractivity contribution in [3.05, 3.63) is 29.6 Å². The number of hydrogen-bond donors (Lipinski definition) is 2. The molecular weight excluding hydrogens is 197 g/mol. The number of anilines is 1. The number of fused-ring (bicyclic) bond motifs is 1. The van der Waals surface area contributed by atoms with Crippen molar-refractivity contribution in [2.45, 2.75) is 19.4 Å². The molecule has 1 heterocycles. The summed E-state index contributed by atoms with van der Waals surface area (Å²) in [6.45, 7) is 1.63. The van der Waals surface area contributed by atoms with Gasteiger partial charge in [0.1, 0.15) is 5.82 Å². The summed E-state index contributed by atoms with van der Waals surface area (Å²) in [7, 11) is 0. The number of carboxylic acids is 1. The number of benzene rings is 1. The average molecular weight is 209 g/mol. The fraction of sp³-hybridized carbons (Fsp3) is 0.364. The lowest BCUT2D eigenvalue weighted by atomic mass is 9.99. The summed E-state index contributed by atoms with van der Waals surface area (Å²) in [4.78, 5) is 10.8. The molecule has 1 aromatic rings. The first-order valence-electron chi connectivity index (χ1n) is 4.86. The molecule has 80 valence electrons. The van der Waals surface area contributed by atoms with Gasteiger partial charge in [0, 0.05) is 17.3 Å². The van der Waals surface area contributed by atoms with Crippen molar-refractivity contribution in [1.82, 2.24) is 0 Å². The molecule has 4 heteroatoms. The number of carboxylic acid groups (broad SMARTS) is 1. The predicted octanol–water partition coefficient (Wildman–Crippen LogP) is 1.88. The Kier molecular flexibility index (Phi) is 2.34. The highest BCUT2D eigenvalue weighted by molar-refractivity contribution is 5.72. The van der Waals surface area contributed by atoms with Crippen LogP contribution >= 0.6 is 0 Å². The van der Waals surface area contributed by atoms with Crippen molar-refractivity contribution in [2.24, 2.45) is 5.92 Å². The third-order valence-electron chi connectivity index (χ3n) is 2.88. The number of rotatable bonds is 2. The van der Waals surface area contributed by atoms with E-state index in [-0.39, 0.29) is 11.9 Å². The molecule has 0 aliphatic carbocycles. The Morgan fingerprint density at radius 1 is 1.67 bits per heavy atom. The van der Waals surface area contributed by atoms with Crippen LogP contribution in [0.5, 0.6) is 0 Å². The fourth-order valence-electron chi connectivity index (χ4n) is 1.85. The van der Waals surface area contributed by atoms with Crippen molar-refractivity contribution in [1.29, 1.82) is 0 Å². The molecule has 0 saturated carbocycles. The van der Waals surface area contributed by atoms with Crippen LogP contribution in [-0.4, -0.2) is 17.1 Å². The van der Waals surface area contributed by atoms with E-state index in [1.807, 2.05) is 0 Å². The lowest BCUT2D eigenvalue weighted by Gasteiger charge is -2.15. The van der Waals surface area contributed by atoms with Gasteiger partial charge in [-0.2, -0.15) is 0 Å². The second kappa shape index (κ2) is 3.53. The normalized spacial score (nSPS) is 20.5. The molecule has 1 aliphatic rings. The van der Waals surface area contributed by atoms with Crippen LogP contribution in [0.2, 0.25) is 0 Å². The molecule has 0 aromatic heterocycles. The summed E-state index contributed by atoms with van der Waals surface area (Å²) in [6, 6.07) is 4.57. The second-order valence-corrected chi connectivity index (χ2v) is 3.85. The summed E-state index contributed by atoms with van der Waals surface area (Å²) < 4.78 is 13.3. The molecule has 0 amide bonds. The van der Waals surface area contributed by atoms with E-state index in [1.54, 1.807) is 19.1 Å². The predicted molar refractivity (Wildman–Crippen MR) is 54.3 cm³/mol. The van der Waals surface area contributed by atoms with Gasteiger partial charge in [-0.1, -0.05) is 6.07 Å². The Balaban J connectivity index is 2.23. The van der Waals surface area contributed by atoms with Crippen molar-refractivity contribution in [3.8, 4) is 0 Å². The SMILES string of the molecule is CC(C(=O)O)C1Cc2c(F)cccc2N1. The Labute approximate surface area is 86.9 Å². The third-order valence-corrected chi connectivity index (χ3v) is 2.88. The van der Waals surface area contributed by atoms with Gasteiger partial charge in [-0.3, -0.25) is 4.79 Å². The van der Waals surface area contributed by atoms with Gasteiger partial charge in [0.15, 0.2) is 0 Å². The van der Waals surface area contributed by atoms with Crippen molar-refractivity contribution in [2.75, 3.05) is 5.32 Å². The number of nitrogens with one attached hydrogen (secondary N) is 1. The summed E-state index contributed by atoms with van der Waals surface area (Å²) in [5.41, 5.74) is 1.31. The van der Waals surface area contributed by atoms with Gasteiger partial charge < -0.3 is 10.4 Å². The molecule has 2 atom stereocenters. The van der Waals surface area contributed by atoms with E-state index >= 15 is 0 Å². The highest BCUT2D eigenvalue weighted by atomic mass is 19.1. The molecular formula is C11H12FNO2. The topological polar surface area (TPSA) is 49.3 Å². The first kappa shape index (κ1) is 9.96. The zero-order valence-corrected chi connectivity index (χ0v) is 8.33. The largest absolute Gasteiger partial charge is 0.481 e. The standard InChI is InChI=1S/C11H12FNO2/c1-6(11(14)15)10-5-7-8(12)3-2-4-9(7)13-10/h2-4,6,10,13H,5H2,1H3,(H,14,15). The van der Waals surface area contributed by atoms with E-state index < -0.39 is 11.9 Å². The molecule has 0 bridgehead atoms. The van der Waals surface area contributed by atoms with E-state index in [0.29, 0.717) is 17.7 Å². The van der Waals surface area contributed by atoms with Gasteiger partial charge in [-0.25, -0.2) is 4.39 Å². The minimum Gasteiger partial charge on any atom is -0.481 e. The molecule has 1 aromatic carbocycles. The molecule has 1 aliphatic heterocycles. The highest BCUT2D eigenvalue weighted by Crippen LogP contribution is 2.30. The van der Waals surface area contributed by atoms with E-state index in [4.69, 9.17) is 5.11 Å². The van der Waals surface area contributed by atoms with E-state index in [9.17, 15) is 9.18 Å². The minimum atomic E-state index is -0.860. The molecule has 3 nitrogen and oxygen atoms in total. The number of hydrogen-bond acceptors (Lipinski definition) is 2. The van der Waals surface area contributed by atoms with Crippen LogP contribution in [0.3, 0.4) is 0 Å². The van der Waals surface area contributed by atoms with E-state index in [0.717, 1.165) is 0 Å². The first-order chi connectivity index (χ1) is 7.09. The van der Waals surface area contributed by atoms with E-state index in [1.165, 1.54) is 6.07 Å². The Morgan fingerprint density at radius 2 is 2.40 bits per heavy atom. The van der Waals surface area contributed by atoms with Gasteiger partial charge in [0.25, 0.3) is 0 Å². The zero-order valence-electron chi connectivity index (χ0n) is 8.33. The van der Waals surface area contributed by atoms with Gasteiger partial charge in [-0.05, 0) is 25.5 Å². The number of carbonyl (C=O) groups is 1. The average Bonchev–Trinajstić information content (AvgIpc) is 2.61. The van der Waals surface area contributed by atoms with Crippen LogP contribution in [0.15, 0.2) is 18.2 Å². The molecule has 2 rings (SSSR count). The quantitative estimate of drug-likeness (QED) is 0.781. The minimum absolute atomic E-state index is 0.214. The van der Waals surface area contributed by atoms with Crippen LogP contribution in [0.4, 0.5) is 10.1 Å².